The van der Waals surface area contributed by atoms with Gasteiger partial charge in [0.25, 0.3) is 0 Å². The van der Waals surface area contributed by atoms with Gasteiger partial charge in [0, 0.05) is 5.38 Å². The van der Waals surface area contributed by atoms with Gasteiger partial charge in [-0.05, 0) is 18.8 Å². The van der Waals surface area contributed by atoms with Gasteiger partial charge in [-0.1, -0.05) is 39.0 Å². The molecule has 1 aliphatic carbocycles. The lowest BCUT2D eigenvalue weighted by atomic mass is 9.95. The lowest BCUT2D eigenvalue weighted by molar-refractivity contribution is 0.426. The molecule has 0 spiro atoms. The summed E-state index contributed by atoms with van der Waals surface area (Å²) in [6, 6.07) is 0. The Morgan fingerprint density at radius 3 is 2.73 bits per heavy atom. The second kappa shape index (κ2) is 5.03. The highest BCUT2D eigenvalue weighted by molar-refractivity contribution is 6.20. The van der Waals surface area contributed by atoms with Crippen LogP contribution < -0.4 is 0 Å². The quantitative estimate of drug-likeness (QED) is 0.439. The standard InChI is InChI=1S/C10H19Cl/c1-2-5-9-6-3-4-7-10(11)8-9/h9-10H,2-8H2,1H3. The summed E-state index contributed by atoms with van der Waals surface area (Å²) in [5, 5.41) is 0.481. The Morgan fingerprint density at radius 2 is 2.00 bits per heavy atom. The molecule has 1 fully saturated rings. The highest BCUT2D eigenvalue weighted by atomic mass is 35.5. The first-order valence-corrected chi connectivity index (χ1v) is 5.40. The largest absolute Gasteiger partial charge is 0.123 e. The summed E-state index contributed by atoms with van der Waals surface area (Å²) in [5.41, 5.74) is 0. The molecule has 2 unspecified atom stereocenters. The average molecular weight is 175 g/mol. The van der Waals surface area contributed by atoms with E-state index in [9.17, 15) is 0 Å². The SMILES string of the molecule is CCCC1CCCCC(Cl)C1. The molecule has 0 bridgehead atoms. The van der Waals surface area contributed by atoms with E-state index in [1.807, 2.05) is 0 Å². The molecule has 2 atom stereocenters. The van der Waals surface area contributed by atoms with Gasteiger partial charge in [-0.15, -0.1) is 11.6 Å². The van der Waals surface area contributed by atoms with Crippen molar-refractivity contribution in [2.45, 2.75) is 57.2 Å². The minimum atomic E-state index is 0.481. The fourth-order valence-electron chi connectivity index (χ4n) is 2.07. The minimum Gasteiger partial charge on any atom is -0.123 e. The third-order valence-corrected chi connectivity index (χ3v) is 3.06. The normalized spacial score (nSPS) is 33.3. The number of halogens is 1. The first kappa shape index (κ1) is 9.38. The lowest BCUT2D eigenvalue weighted by Crippen LogP contribution is -2.04. The van der Waals surface area contributed by atoms with E-state index in [-0.39, 0.29) is 0 Å². The maximum absolute atomic E-state index is 6.15. The Kier molecular flexibility index (Phi) is 4.29. The van der Waals surface area contributed by atoms with Crippen LogP contribution in [-0.2, 0) is 0 Å². The molecular formula is C10H19Cl. The summed E-state index contributed by atoms with van der Waals surface area (Å²) in [7, 11) is 0. The smallest absolute Gasteiger partial charge is 0.0338 e. The van der Waals surface area contributed by atoms with E-state index in [0.717, 1.165) is 5.92 Å². The van der Waals surface area contributed by atoms with Crippen LogP contribution in [0.15, 0.2) is 0 Å². The van der Waals surface area contributed by atoms with E-state index >= 15 is 0 Å². The van der Waals surface area contributed by atoms with Crippen LogP contribution in [-0.4, -0.2) is 5.38 Å². The summed E-state index contributed by atoms with van der Waals surface area (Å²) in [6.45, 7) is 2.27. The Balaban J connectivity index is 2.27. The highest BCUT2D eigenvalue weighted by Gasteiger charge is 2.17. The van der Waals surface area contributed by atoms with E-state index in [2.05, 4.69) is 6.92 Å². The molecule has 1 saturated carbocycles. The second-order valence-corrected chi connectivity index (χ2v) is 4.39. The molecule has 0 heterocycles. The number of alkyl halides is 1. The molecular weight excluding hydrogens is 156 g/mol. The molecule has 0 amide bonds. The Bertz CT molecular complexity index is 101. The van der Waals surface area contributed by atoms with Crippen molar-refractivity contribution >= 4 is 11.6 Å². The molecule has 11 heavy (non-hydrogen) atoms. The van der Waals surface area contributed by atoms with E-state index in [1.54, 1.807) is 0 Å². The van der Waals surface area contributed by atoms with Gasteiger partial charge in [0.05, 0.1) is 0 Å². The zero-order valence-electron chi connectivity index (χ0n) is 7.48. The van der Waals surface area contributed by atoms with Gasteiger partial charge in [0.2, 0.25) is 0 Å². The summed E-state index contributed by atoms with van der Waals surface area (Å²) in [5.74, 6) is 0.935. The lowest BCUT2D eigenvalue weighted by Gasteiger charge is -2.14. The van der Waals surface area contributed by atoms with Crippen molar-refractivity contribution in [3.63, 3.8) is 0 Å². The zero-order valence-corrected chi connectivity index (χ0v) is 8.24. The van der Waals surface area contributed by atoms with Crippen LogP contribution >= 0.6 is 11.6 Å². The fourth-order valence-corrected chi connectivity index (χ4v) is 2.47. The van der Waals surface area contributed by atoms with Crippen molar-refractivity contribution in [1.82, 2.24) is 0 Å². The zero-order chi connectivity index (χ0) is 8.10. The van der Waals surface area contributed by atoms with E-state index in [1.165, 1.54) is 44.9 Å². The Labute approximate surface area is 75.3 Å². The van der Waals surface area contributed by atoms with Crippen LogP contribution in [0, 0.1) is 5.92 Å². The molecule has 0 nitrogen and oxygen atoms in total. The molecule has 0 radical (unpaired) electrons. The van der Waals surface area contributed by atoms with Gasteiger partial charge in [-0.3, -0.25) is 0 Å². The molecule has 0 N–H and O–H groups in total. The molecule has 0 aromatic carbocycles. The van der Waals surface area contributed by atoms with Crippen LogP contribution in [0.25, 0.3) is 0 Å². The van der Waals surface area contributed by atoms with Gasteiger partial charge in [0.1, 0.15) is 0 Å². The molecule has 1 aliphatic rings. The molecule has 1 rings (SSSR count). The van der Waals surface area contributed by atoms with Crippen molar-refractivity contribution < 1.29 is 0 Å². The van der Waals surface area contributed by atoms with E-state index in [0.29, 0.717) is 5.38 Å². The van der Waals surface area contributed by atoms with Crippen LogP contribution in [0.2, 0.25) is 0 Å². The van der Waals surface area contributed by atoms with Crippen molar-refractivity contribution in [1.29, 1.82) is 0 Å². The van der Waals surface area contributed by atoms with E-state index in [4.69, 9.17) is 11.6 Å². The number of rotatable bonds is 2. The minimum absolute atomic E-state index is 0.481. The third kappa shape index (κ3) is 3.46. The molecule has 0 saturated heterocycles. The Hall–Kier alpha value is 0.290. The molecule has 0 aliphatic heterocycles. The maximum atomic E-state index is 6.15. The third-order valence-electron chi connectivity index (χ3n) is 2.67. The average Bonchev–Trinajstić information content (AvgIpc) is 2.15. The summed E-state index contributed by atoms with van der Waals surface area (Å²) in [6.07, 6.45) is 9.44. The first-order chi connectivity index (χ1) is 5.33. The second-order valence-electron chi connectivity index (χ2n) is 3.77. The van der Waals surface area contributed by atoms with Gasteiger partial charge < -0.3 is 0 Å². The van der Waals surface area contributed by atoms with Crippen molar-refractivity contribution in [3.8, 4) is 0 Å². The fraction of sp³-hybridized carbons (Fsp3) is 1.00. The summed E-state index contributed by atoms with van der Waals surface area (Å²) in [4.78, 5) is 0. The number of hydrogen-bond donors (Lipinski definition) is 0. The maximum Gasteiger partial charge on any atom is 0.0338 e. The van der Waals surface area contributed by atoms with Crippen LogP contribution in [0.1, 0.15) is 51.9 Å². The monoisotopic (exact) mass is 174 g/mol. The van der Waals surface area contributed by atoms with Crippen LogP contribution in [0.4, 0.5) is 0 Å². The molecule has 0 aromatic heterocycles. The topological polar surface area (TPSA) is 0 Å². The highest BCUT2D eigenvalue weighted by Crippen LogP contribution is 2.29. The molecule has 1 heteroatoms. The van der Waals surface area contributed by atoms with Gasteiger partial charge >= 0.3 is 0 Å². The van der Waals surface area contributed by atoms with Gasteiger partial charge in [-0.25, -0.2) is 0 Å². The van der Waals surface area contributed by atoms with Gasteiger partial charge in [0.15, 0.2) is 0 Å². The van der Waals surface area contributed by atoms with E-state index < -0.39 is 0 Å². The Morgan fingerprint density at radius 1 is 1.27 bits per heavy atom. The van der Waals surface area contributed by atoms with Crippen molar-refractivity contribution in [2.75, 3.05) is 0 Å². The molecule has 66 valence electrons. The van der Waals surface area contributed by atoms with Crippen LogP contribution in [0.5, 0.6) is 0 Å². The predicted molar refractivity (Wildman–Crippen MR) is 51.1 cm³/mol. The predicted octanol–water partition coefficient (Wildman–Crippen LogP) is 3.97. The van der Waals surface area contributed by atoms with Crippen LogP contribution in [0.3, 0.4) is 0 Å². The summed E-state index contributed by atoms with van der Waals surface area (Å²) >= 11 is 6.15. The number of hydrogen-bond acceptors (Lipinski definition) is 0. The molecule has 0 aromatic rings. The van der Waals surface area contributed by atoms with Gasteiger partial charge in [-0.2, -0.15) is 0 Å². The first-order valence-electron chi connectivity index (χ1n) is 4.97. The summed E-state index contributed by atoms with van der Waals surface area (Å²) < 4.78 is 0. The van der Waals surface area contributed by atoms with Crippen molar-refractivity contribution in [3.05, 3.63) is 0 Å². The van der Waals surface area contributed by atoms with Crippen molar-refractivity contribution in [2.24, 2.45) is 5.92 Å².